The van der Waals surface area contributed by atoms with E-state index in [0.717, 1.165) is 6.07 Å². The first-order valence-electron chi connectivity index (χ1n) is 5.21. The van der Waals surface area contributed by atoms with Crippen molar-refractivity contribution in [3.8, 4) is 0 Å². The Balaban J connectivity index is 3.01. The predicted molar refractivity (Wildman–Crippen MR) is 66.1 cm³/mol. The summed E-state index contributed by atoms with van der Waals surface area (Å²) >= 11 is 5.68. The van der Waals surface area contributed by atoms with E-state index in [1.54, 1.807) is 0 Å². The zero-order valence-corrected chi connectivity index (χ0v) is 11.2. The lowest BCUT2D eigenvalue weighted by Crippen LogP contribution is -2.40. The van der Waals surface area contributed by atoms with Crippen LogP contribution < -0.4 is 4.72 Å². The van der Waals surface area contributed by atoms with Crippen molar-refractivity contribution < 1.29 is 12.8 Å². The molecule has 6 heteroatoms. The minimum absolute atomic E-state index is 0.0362. The van der Waals surface area contributed by atoms with Crippen LogP contribution in [0, 0.1) is 11.7 Å². The lowest BCUT2D eigenvalue weighted by atomic mass is 10.1. The Kier molecular flexibility index (Phi) is 4.91. The molecule has 0 radical (unpaired) electrons. The second-order valence-corrected chi connectivity index (χ2v) is 6.05. The van der Waals surface area contributed by atoms with Gasteiger partial charge < -0.3 is 0 Å². The second-order valence-electron chi connectivity index (χ2n) is 4.06. The monoisotopic (exact) mass is 279 g/mol. The van der Waals surface area contributed by atoms with Crippen molar-refractivity contribution in [1.29, 1.82) is 0 Å². The lowest BCUT2D eigenvalue weighted by Gasteiger charge is -2.19. The first kappa shape index (κ1) is 14.4. The molecule has 0 spiro atoms. The molecule has 1 rings (SSSR count). The molecule has 17 heavy (non-hydrogen) atoms. The quantitative estimate of drug-likeness (QED) is 0.841. The van der Waals surface area contributed by atoms with Gasteiger partial charge in [0.05, 0.1) is 0 Å². The first-order valence-corrected chi connectivity index (χ1v) is 7.23. The van der Waals surface area contributed by atoms with Crippen LogP contribution >= 0.6 is 11.6 Å². The molecule has 0 aromatic heterocycles. The van der Waals surface area contributed by atoms with Gasteiger partial charge in [-0.25, -0.2) is 17.5 Å². The molecule has 0 fully saturated rings. The van der Waals surface area contributed by atoms with E-state index in [1.807, 2.05) is 13.8 Å². The van der Waals surface area contributed by atoms with Crippen LogP contribution in [0.4, 0.5) is 4.39 Å². The molecule has 0 aliphatic carbocycles. The molecule has 0 saturated heterocycles. The molecule has 96 valence electrons. The predicted octanol–water partition coefficient (Wildman–Crippen LogP) is 2.37. The van der Waals surface area contributed by atoms with Crippen molar-refractivity contribution in [3.05, 3.63) is 30.1 Å². The maximum Gasteiger partial charge on any atom is 0.243 e. The van der Waals surface area contributed by atoms with E-state index in [1.165, 1.54) is 18.2 Å². The number of sulfonamides is 1. The second kappa shape index (κ2) is 5.80. The van der Waals surface area contributed by atoms with Crippen LogP contribution in [0.25, 0.3) is 0 Å². The van der Waals surface area contributed by atoms with Gasteiger partial charge in [-0.2, -0.15) is 0 Å². The molecule has 0 bridgehead atoms. The van der Waals surface area contributed by atoms with E-state index in [2.05, 4.69) is 4.72 Å². The van der Waals surface area contributed by atoms with Crippen molar-refractivity contribution in [3.63, 3.8) is 0 Å². The highest BCUT2D eigenvalue weighted by Crippen LogP contribution is 2.15. The van der Waals surface area contributed by atoms with Gasteiger partial charge >= 0.3 is 0 Å². The van der Waals surface area contributed by atoms with Crippen LogP contribution in [0.15, 0.2) is 29.2 Å². The minimum Gasteiger partial charge on any atom is -0.207 e. The van der Waals surface area contributed by atoms with E-state index in [-0.39, 0.29) is 16.7 Å². The Hall–Kier alpha value is -0.650. The van der Waals surface area contributed by atoms with Crippen LogP contribution in [0.5, 0.6) is 0 Å². The molecular weight excluding hydrogens is 265 g/mol. The van der Waals surface area contributed by atoms with Crippen LogP contribution in [-0.4, -0.2) is 20.3 Å². The fraction of sp³-hybridized carbons (Fsp3) is 0.455. The van der Waals surface area contributed by atoms with Gasteiger partial charge in [0.2, 0.25) is 10.0 Å². The van der Waals surface area contributed by atoms with E-state index < -0.39 is 21.9 Å². The van der Waals surface area contributed by atoms with Crippen molar-refractivity contribution in [2.45, 2.75) is 24.8 Å². The van der Waals surface area contributed by atoms with E-state index >= 15 is 0 Å². The fourth-order valence-corrected chi connectivity index (χ4v) is 3.26. The zero-order valence-electron chi connectivity index (χ0n) is 9.65. The van der Waals surface area contributed by atoms with Crippen molar-refractivity contribution in [2.24, 2.45) is 5.92 Å². The van der Waals surface area contributed by atoms with Gasteiger partial charge in [-0.05, 0) is 18.1 Å². The summed E-state index contributed by atoms with van der Waals surface area (Å²) in [5.41, 5.74) is 0. The number of benzene rings is 1. The average Bonchev–Trinajstić information content (AvgIpc) is 2.26. The highest BCUT2D eigenvalue weighted by Gasteiger charge is 2.24. The summed E-state index contributed by atoms with van der Waals surface area (Å²) in [5, 5.41) is 0. The Labute approximate surface area is 106 Å². The van der Waals surface area contributed by atoms with Crippen LogP contribution in [-0.2, 0) is 10.0 Å². The van der Waals surface area contributed by atoms with Crippen molar-refractivity contribution >= 4 is 21.6 Å². The maximum absolute atomic E-state index is 13.4. The van der Waals surface area contributed by atoms with Gasteiger partial charge in [0.1, 0.15) is 10.7 Å². The highest BCUT2D eigenvalue weighted by molar-refractivity contribution is 7.89. The summed E-state index contributed by atoms with van der Waals surface area (Å²) in [7, 11) is -3.86. The molecule has 1 aromatic rings. The number of hydrogen-bond acceptors (Lipinski definition) is 2. The molecule has 0 heterocycles. The highest BCUT2D eigenvalue weighted by atomic mass is 35.5. The van der Waals surface area contributed by atoms with Gasteiger partial charge in [-0.1, -0.05) is 26.0 Å². The molecule has 0 amide bonds. The van der Waals surface area contributed by atoms with E-state index in [0.29, 0.717) is 0 Å². The number of halogens is 2. The van der Waals surface area contributed by atoms with Gasteiger partial charge in [-0.3, -0.25) is 0 Å². The molecule has 1 atom stereocenters. The minimum atomic E-state index is -3.86. The van der Waals surface area contributed by atoms with Crippen LogP contribution in [0.3, 0.4) is 0 Å². The van der Waals surface area contributed by atoms with Crippen molar-refractivity contribution in [1.82, 2.24) is 4.72 Å². The topological polar surface area (TPSA) is 46.2 Å². The lowest BCUT2D eigenvalue weighted by molar-refractivity contribution is 0.477. The van der Waals surface area contributed by atoms with Crippen molar-refractivity contribution in [2.75, 3.05) is 5.88 Å². The SMILES string of the molecule is CC(C)C(CCl)NS(=O)(=O)c1ccccc1F. The number of alkyl halides is 1. The summed E-state index contributed by atoms with van der Waals surface area (Å²) in [5.74, 6) is -0.586. The summed E-state index contributed by atoms with van der Waals surface area (Å²) in [6.07, 6.45) is 0. The number of nitrogens with one attached hydrogen (secondary N) is 1. The first-order chi connectivity index (χ1) is 7.88. The average molecular weight is 280 g/mol. The molecule has 0 saturated carbocycles. The summed E-state index contributed by atoms with van der Waals surface area (Å²) in [4.78, 5) is -0.351. The van der Waals surface area contributed by atoms with Gasteiger partial charge in [-0.15, -0.1) is 11.6 Å². The number of rotatable bonds is 5. The van der Waals surface area contributed by atoms with E-state index in [4.69, 9.17) is 11.6 Å². The normalized spacial score (nSPS) is 13.9. The number of hydrogen-bond donors (Lipinski definition) is 1. The smallest absolute Gasteiger partial charge is 0.207 e. The molecule has 3 nitrogen and oxygen atoms in total. The summed E-state index contributed by atoms with van der Waals surface area (Å²) in [6, 6.07) is 4.84. The molecule has 0 aliphatic rings. The standard InChI is InChI=1S/C11H15ClFNO2S/c1-8(2)10(7-12)14-17(15,16)11-6-4-3-5-9(11)13/h3-6,8,10,14H,7H2,1-2H3. The third kappa shape index (κ3) is 3.66. The Morgan fingerprint density at radius 3 is 2.41 bits per heavy atom. The summed E-state index contributed by atoms with van der Waals surface area (Å²) < 4.78 is 39.6. The molecule has 0 aliphatic heterocycles. The van der Waals surface area contributed by atoms with Gasteiger partial charge in [0.15, 0.2) is 0 Å². The fourth-order valence-electron chi connectivity index (χ4n) is 1.27. The Morgan fingerprint density at radius 1 is 1.35 bits per heavy atom. The Bertz CT molecular complexity index is 476. The van der Waals surface area contributed by atoms with Crippen LogP contribution in [0.2, 0.25) is 0 Å². The zero-order chi connectivity index (χ0) is 13.1. The molecular formula is C11H15ClFNO2S. The third-order valence-electron chi connectivity index (χ3n) is 2.40. The molecule has 1 aromatic carbocycles. The Morgan fingerprint density at radius 2 is 1.94 bits per heavy atom. The molecule has 1 unspecified atom stereocenters. The largest absolute Gasteiger partial charge is 0.243 e. The third-order valence-corrected chi connectivity index (χ3v) is 4.26. The van der Waals surface area contributed by atoms with Crippen LogP contribution in [0.1, 0.15) is 13.8 Å². The van der Waals surface area contributed by atoms with Gasteiger partial charge in [0, 0.05) is 11.9 Å². The van der Waals surface area contributed by atoms with E-state index in [9.17, 15) is 12.8 Å². The maximum atomic E-state index is 13.4. The summed E-state index contributed by atoms with van der Waals surface area (Å²) in [6.45, 7) is 3.69. The van der Waals surface area contributed by atoms with Gasteiger partial charge in [0.25, 0.3) is 0 Å². The molecule has 1 N–H and O–H groups in total.